The lowest BCUT2D eigenvalue weighted by atomic mass is 10.1. The van der Waals surface area contributed by atoms with Gasteiger partial charge in [-0.3, -0.25) is 0 Å². The SMILES string of the molecule is CCCCCCCCC[C+]=O. The third-order valence-corrected chi connectivity index (χ3v) is 1.88. The van der Waals surface area contributed by atoms with Crippen molar-refractivity contribution in [2.45, 2.75) is 58.3 Å². The molecule has 0 atom stereocenters. The average Bonchev–Trinajstić information content (AvgIpc) is 2.03. The van der Waals surface area contributed by atoms with Crippen molar-refractivity contribution in [1.29, 1.82) is 0 Å². The van der Waals surface area contributed by atoms with Gasteiger partial charge in [-0.1, -0.05) is 39.0 Å². The van der Waals surface area contributed by atoms with E-state index in [9.17, 15) is 4.79 Å². The summed E-state index contributed by atoms with van der Waals surface area (Å²) in [7, 11) is 0. The maximum atomic E-state index is 9.82. The Morgan fingerprint density at radius 1 is 0.909 bits per heavy atom. The molecular weight excluding hydrogens is 136 g/mol. The van der Waals surface area contributed by atoms with E-state index in [0.29, 0.717) is 6.42 Å². The van der Waals surface area contributed by atoms with Crippen molar-refractivity contribution in [3.05, 3.63) is 0 Å². The highest BCUT2D eigenvalue weighted by Crippen LogP contribution is 2.07. The van der Waals surface area contributed by atoms with Gasteiger partial charge in [-0.15, -0.1) is 0 Å². The zero-order chi connectivity index (χ0) is 8.36. The molecule has 11 heavy (non-hydrogen) atoms. The van der Waals surface area contributed by atoms with Gasteiger partial charge in [0.2, 0.25) is 6.42 Å². The molecule has 1 nitrogen and oxygen atoms in total. The summed E-state index contributed by atoms with van der Waals surface area (Å²) in [5.41, 5.74) is 0. The third kappa shape index (κ3) is 9.58. The molecule has 0 aromatic heterocycles. The molecule has 0 aliphatic heterocycles. The van der Waals surface area contributed by atoms with Crippen molar-refractivity contribution in [3.63, 3.8) is 0 Å². The van der Waals surface area contributed by atoms with Gasteiger partial charge in [-0.2, -0.15) is 0 Å². The van der Waals surface area contributed by atoms with Crippen molar-refractivity contribution in [1.82, 2.24) is 0 Å². The lowest BCUT2D eigenvalue weighted by Crippen LogP contribution is -1.80. The molecule has 64 valence electrons. The first-order valence-corrected chi connectivity index (χ1v) is 4.76. The number of carbonyl (C=O) groups excluding carboxylic acids is 1. The first kappa shape index (κ1) is 10.6. The molecule has 0 heterocycles. The van der Waals surface area contributed by atoms with Crippen LogP contribution in [0, 0.1) is 0 Å². The van der Waals surface area contributed by atoms with Crippen LogP contribution in [0.2, 0.25) is 0 Å². The smallest absolute Gasteiger partial charge is 0.0654 e. The predicted octanol–water partition coefficient (Wildman–Crippen LogP) is 3.24. The summed E-state index contributed by atoms with van der Waals surface area (Å²) in [6.45, 7) is 2.22. The molecule has 0 radical (unpaired) electrons. The molecule has 0 aromatic rings. The third-order valence-electron chi connectivity index (χ3n) is 1.88. The first-order chi connectivity index (χ1) is 5.41. The van der Waals surface area contributed by atoms with E-state index < -0.39 is 0 Å². The largest absolute Gasteiger partial charge is 0.506 e. The van der Waals surface area contributed by atoms with E-state index in [0.717, 1.165) is 6.42 Å². The highest BCUT2D eigenvalue weighted by Gasteiger charge is 1.96. The minimum Gasteiger partial charge on any atom is -0.0654 e. The van der Waals surface area contributed by atoms with Gasteiger partial charge < -0.3 is 0 Å². The maximum absolute atomic E-state index is 9.82. The minimum atomic E-state index is 0.633. The van der Waals surface area contributed by atoms with E-state index in [1.165, 1.54) is 38.5 Å². The second-order valence-electron chi connectivity index (χ2n) is 3.02. The Morgan fingerprint density at radius 3 is 2.00 bits per heavy atom. The summed E-state index contributed by atoms with van der Waals surface area (Å²) >= 11 is 0. The molecule has 1 heteroatoms. The van der Waals surface area contributed by atoms with E-state index in [-0.39, 0.29) is 0 Å². The summed E-state index contributed by atoms with van der Waals surface area (Å²) in [5.74, 6) is 0. The lowest BCUT2D eigenvalue weighted by Gasteiger charge is -1.95. The summed E-state index contributed by atoms with van der Waals surface area (Å²) < 4.78 is 0. The summed E-state index contributed by atoms with van der Waals surface area (Å²) in [6, 6.07) is 0. The Balaban J connectivity index is 2.74. The van der Waals surface area contributed by atoms with Gasteiger partial charge in [0.1, 0.15) is 0 Å². The van der Waals surface area contributed by atoms with Crippen LogP contribution in [0.5, 0.6) is 0 Å². The van der Waals surface area contributed by atoms with Gasteiger partial charge in [0.15, 0.2) is 0 Å². The molecule has 0 rings (SSSR count). The molecule has 0 aliphatic rings. The van der Waals surface area contributed by atoms with Crippen LogP contribution in [-0.2, 0) is 4.79 Å². The van der Waals surface area contributed by atoms with E-state index in [4.69, 9.17) is 0 Å². The fraction of sp³-hybridized carbons (Fsp3) is 0.900. The van der Waals surface area contributed by atoms with E-state index in [2.05, 4.69) is 6.92 Å². The maximum Gasteiger partial charge on any atom is 0.506 e. The Labute approximate surface area is 70.2 Å². The Hall–Kier alpha value is -0.420. The Kier molecular flexibility index (Phi) is 9.21. The number of unbranched alkanes of at least 4 members (excludes halogenated alkanes) is 7. The molecule has 0 N–H and O–H groups in total. The van der Waals surface area contributed by atoms with Crippen LogP contribution in [0.4, 0.5) is 0 Å². The van der Waals surface area contributed by atoms with Crippen LogP contribution in [-0.4, -0.2) is 6.29 Å². The standard InChI is InChI=1S/C10H19O/c1-2-3-4-5-6-7-8-9-10-11/h2-9H2,1H3/q+1. The topological polar surface area (TPSA) is 17.1 Å². The van der Waals surface area contributed by atoms with Crippen molar-refractivity contribution in [2.24, 2.45) is 0 Å². The van der Waals surface area contributed by atoms with E-state index in [1.807, 2.05) is 6.29 Å². The van der Waals surface area contributed by atoms with Gasteiger partial charge in [-0.05, 0) is 6.42 Å². The van der Waals surface area contributed by atoms with Crippen LogP contribution in [0.1, 0.15) is 58.3 Å². The van der Waals surface area contributed by atoms with Gasteiger partial charge in [0.25, 0.3) is 0 Å². The first-order valence-electron chi connectivity index (χ1n) is 4.76. The normalized spacial score (nSPS) is 9.55. The van der Waals surface area contributed by atoms with Gasteiger partial charge in [0, 0.05) is 11.2 Å². The number of hydrogen-bond acceptors (Lipinski definition) is 1. The van der Waals surface area contributed by atoms with Crippen molar-refractivity contribution < 1.29 is 4.79 Å². The van der Waals surface area contributed by atoms with Crippen LogP contribution in [0.25, 0.3) is 0 Å². The Bertz CT molecular complexity index is 78.9. The molecular formula is C10H19O+. The predicted molar refractivity (Wildman–Crippen MR) is 48.3 cm³/mol. The van der Waals surface area contributed by atoms with Crippen molar-refractivity contribution in [3.8, 4) is 0 Å². The van der Waals surface area contributed by atoms with Crippen molar-refractivity contribution in [2.75, 3.05) is 0 Å². The van der Waals surface area contributed by atoms with Crippen molar-refractivity contribution >= 4 is 6.29 Å². The summed E-state index contributed by atoms with van der Waals surface area (Å²) in [6.07, 6.45) is 11.5. The number of hydrogen-bond donors (Lipinski definition) is 0. The van der Waals surface area contributed by atoms with Gasteiger partial charge >= 0.3 is 6.29 Å². The van der Waals surface area contributed by atoms with E-state index in [1.54, 1.807) is 0 Å². The average molecular weight is 155 g/mol. The Morgan fingerprint density at radius 2 is 1.45 bits per heavy atom. The van der Waals surface area contributed by atoms with E-state index >= 15 is 0 Å². The van der Waals surface area contributed by atoms with Crippen LogP contribution < -0.4 is 0 Å². The zero-order valence-electron chi connectivity index (χ0n) is 7.57. The van der Waals surface area contributed by atoms with Crippen LogP contribution in [0.15, 0.2) is 0 Å². The van der Waals surface area contributed by atoms with Crippen LogP contribution in [0.3, 0.4) is 0 Å². The highest BCUT2D eigenvalue weighted by atomic mass is 16.1. The van der Waals surface area contributed by atoms with Gasteiger partial charge in [0.05, 0.1) is 0 Å². The molecule has 0 amide bonds. The number of rotatable bonds is 8. The highest BCUT2D eigenvalue weighted by molar-refractivity contribution is 5.50. The fourth-order valence-corrected chi connectivity index (χ4v) is 1.15. The summed E-state index contributed by atoms with van der Waals surface area (Å²) in [5, 5.41) is 0. The molecule has 0 aliphatic carbocycles. The molecule has 0 bridgehead atoms. The second-order valence-corrected chi connectivity index (χ2v) is 3.02. The molecule has 0 unspecified atom stereocenters. The second kappa shape index (κ2) is 9.58. The summed E-state index contributed by atoms with van der Waals surface area (Å²) in [4.78, 5) is 9.82. The minimum absolute atomic E-state index is 0.633. The fourth-order valence-electron chi connectivity index (χ4n) is 1.15. The van der Waals surface area contributed by atoms with Gasteiger partial charge in [-0.25, -0.2) is 0 Å². The molecule has 0 fully saturated rings. The quantitative estimate of drug-likeness (QED) is 0.388. The lowest BCUT2D eigenvalue weighted by molar-refractivity contribution is 0.540. The van der Waals surface area contributed by atoms with Crippen LogP contribution >= 0.6 is 0 Å². The molecule has 0 aromatic carbocycles. The molecule has 0 saturated heterocycles. The molecule has 0 spiro atoms. The molecule has 0 saturated carbocycles. The monoisotopic (exact) mass is 155 g/mol. The zero-order valence-corrected chi connectivity index (χ0v) is 7.57.